The number of benzene rings is 1. The van der Waals surface area contributed by atoms with Crippen molar-refractivity contribution in [2.75, 3.05) is 33.2 Å². The molecule has 0 unspecified atom stereocenters. The molecule has 0 radical (unpaired) electrons. The maximum atomic E-state index is 12.4. The van der Waals surface area contributed by atoms with Gasteiger partial charge in [0, 0.05) is 38.2 Å². The van der Waals surface area contributed by atoms with Gasteiger partial charge in [0.05, 0.1) is 6.54 Å². The Morgan fingerprint density at radius 3 is 2.57 bits per heavy atom. The largest absolute Gasteiger partial charge is 0.356 e. The SMILES string of the molecule is CN=C(NCC(C)C)N1CCN(Cc2ccc(Cl)cc2)C(=O)C1. The highest BCUT2D eigenvalue weighted by atomic mass is 35.5. The van der Waals surface area contributed by atoms with Gasteiger partial charge in [-0.15, -0.1) is 0 Å². The number of carbonyl (C=O) groups excluding carboxylic acids is 1. The third-order valence-corrected chi connectivity index (χ3v) is 4.04. The van der Waals surface area contributed by atoms with E-state index in [1.807, 2.05) is 34.1 Å². The average Bonchev–Trinajstić information content (AvgIpc) is 2.52. The number of halogens is 1. The summed E-state index contributed by atoms with van der Waals surface area (Å²) in [5, 5.41) is 4.03. The fourth-order valence-electron chi connectivity index (χ4n) is 2.49. The van der Waals surface area contributed by atoms with E-state index in [4.69, 9.17) is 11.6 Å². The van der Waals surface area contributed by atoms with E-state index in [9.17, 15) is 4.79 Å². The third kappa shape index (κ3) is 5.13. The molecule has 2 rings (SSSR count). The van der Waals surface area contributed by atoms with Crippen molar-refractivity contribution in [3.63, 3.8) is 0 Å². The summed E-state index contributed by atoms with van der Waals surface area (Å²) in [6, 6.07) is 7.64. The molecule has 1 amide bonds. The molecule has 23 heavy (non-hydrogen) atoms. The zero-order valence-corrected chi connectivity index (χ0v) is 14.8. The summed E-state index contributed by atoms with van der Waals surface area (Å²) in [5.74, 6) is 1.46. The third-order valence-electron chi connectivity index (χ3n) is 3.79. The van der Waals surface area contributed by atoms with E-state index in [1.165, 1.54) is 0 Å². The zero-order valence-electron chi connectivity index (χ0n) is 14.1. The maximum Gasteiger partial charge on any atom is 0.242 e. The summed E-state index contributed by atoms with van der Waals surface area (Å²) in [5.41, 5.74) is 1.10. The lowest BCUT2D eigenvalue weighted by Crippen LogP contribution is -2.55. The molecule has 0 bridgehead atoms. The van der Waals surface area contributed by atoms with Crippen LogP contribution in [0, 0.1) is 5.92 Å². The second kappa shape index (κ2) is 8.20. The minimum atomic E-state index is 0.124. The van der Waals surface area contributed by atoms with Crippen molar-refractivity contribution in [1.82, 2.24) is 15.1 Å². The topological polar surface area (TPSA) is 47.9 Å². The van der Waals surface area contributed by atoms with Gasteiger partial charge in [-0.3, -0.25) is 9.79 Å². The van der Waals surface area contributed by atoms with E-state index in [1.54, 1.807) is 7.05 Å². The molecule has 6 heteroatoms. The minimum absolute atomic E-state index is 0.124. The highest BCUT2D eigenvalue weighted by molar-refractivity contribution is 6.30. The van der Waals surface area contributed by atoms with Gasteiger partial charge in [0.1, 0.15) is 0 Å². The van der Waals surface area contributed by atoms with E-state index >= 15 is 0 Å². The molecule has 0 saturated carbocycles. The van der Waals surface area contributed by atoms with E-state index in [0.29, 0.717) is 30.6 Å². The van der Waals surface area contributed by atoms with Crippen LogP contribution in [0.1, 0.15) is 19.4 Å². The summed E-state index contributed by atoms with van der Waals surface area (Å²) in [6.45, 7) is 7.63. The molecule has 126 valence electrons. The molecule has 1 fully saturated rings. The number of carbonyl (C=O) groups is 1. The molecular formula is C17H25ClN4O. The van der Waals surface area contributed by atoms with Crippen LogP contribution in [0.3, 0.4) is 0 Å². The lowest BCUT2D eigenvalue weighted by Gasteiger charge is -2.36. The van der Waals surface area contributed by atoms with Crippen LogP contribution in [0.5, 0.6) is 0 Å². The highest BCUT2D eigenvalue weighted by Gasteiger charge is 2.25. The standard InChI is InChI=1S/C17H25ClN4O/c1-13(2)10-20-17(19-3)22-9-8-21(16(23)12-22)11-14-4-6-15(18)7-5-14/h4-7,13H,8-12H2,1-3H3,(H,19,20). The number of rotatable bonds is 4. The van der Waals surface area contributed by atoms with Crippen LogP contribution in [0.4, 0.5) is 0 Å². The Balaban J connectivity index is 1.91. The molecule has 0 aliphatic carbocycles. The average molecular weight is 337 g/mol. The number of hydrogen-bond donors (Lipinski definition) is 1. The first kappa shape index (κ1) is 17.6. The van der Waals surface area contributed by atoms with Crippen molar-refractivity contribution in [3.05, 3.63) is 34.9 Å². The second-order valence-electron chi connectivity index (χ2n) is 6.19. The van der Waals surface area contributed by atoms with Gasteiger partial charge in [-0.2, -0.15) is 0 Å². The Morgan fingerprint density at radius 1 is 1.30 bits per heavy atom. The Kier molecular flexibility index (Phi) is 6.28. The number of guanidine groups is 1. The first-order valence-corrected chi connectivity index (χ1v) is 8.35. The van der Waals surface area contributed by atoms with Gasteiger partial charge in [-0.25, -0.2) is 0 Å². The van der Waals surface area contributed by atoms with Gasteiger partial charge in [0.25, 0.3) is 0 Å². The first-order valence-electron chi connectivity index (χ1n) is 7.97. The van der Waals surface area contributed by atoms with Crippen LogP contribution in [-0.2, 0) is 11.3 Å². The molecule has 1 saturated heterocycles. The van der Waals surface area contributed by atoms with Gasteiger partial charge in [-0.05, 0) is 23.6 Å². The summed E-state index contributed by atoms with van der Waals surface area (Å²) in [4.78, 5) is 20.6. The van der Waals surface area contributed by atoms with Crippen LogP contribution in [0.2, 0.25) is 5.02 Å². The zero-order chi connectivity index (χ0) is 16.8. The van der Waals surface area contributed by atoms with Gasteiger partial charge in [0.2, 0.25) is 5.91 Å². The minimum Gasteiger partial charge on any atom is -0.356 e. The molecule has 0 aromatic heterocycles. The Morgan fingerprint density at radius 2 is 2.00 bits per heavy atom. The predicted molar refractivity (Wildman–Crippen MR) is 94.6 cm³/mol. The maximum absolute atomic E-state index is 12.4. The second-order valence-corrected chi connectivity index (χ2v) is 6.62. The van der Waals surface area contributed by atoms with Gasteiger partial charge >= 0.3 is 0 Å². The summed E-state index contributed by atoms with van der Waals surface area (Å²) >= 11 is 5.90. The molecule has 1 heterocycles. The molecule has 0 atom stereocenters. The van der Waals surface area contributed by atoms with Crippen LogP contribution < -0.4 is 5.32 Å². The van der Waals surface area contributed by atoms with Crippen molar-refractivity contribution in [1.29, 1.82) is 0 Å². The molecule has 0 spiro atoms. The van der Waals surface area contributed by atoms with E-state index < -0.39 is 0 Å². The Bertz CT molecular complexity index is 556. The monoisotopic (exact) mass is 336 g/mol. The molecule has 1 aliphatic rings. The number of nitrogens with zero attached hydrogens (tertiary/aromatic N) is 3. The number of nitrogens with one attached hydrogen (secondary N) is 1. The number of aliphatic imine (C=N–C) groups is 1. The molecule has 1 N–H and O–H groups in total. The smallest absolute Gasteiger partial charge is 0.242 e. The number of amides is 1. The molecular weight excluding hydrogens is 312 g/mol. The van der Waals surface area contributed by atoms with Crippen LogP contribution in [0.15, 0.2) is 29.3 Å². The van der Waals surface area contributed by atoms with Crippen molar-refractivity contribution < 1.29 is 4.79 Å². The molecule has 5 nitrogen and oxygen atoms in total. The Labute approximate surface area is 143 Å². The summed E-state index contributed by atoms with van der Waals surface area (Å²) < 4.78 is 0. The molecule has 1 aromatic carbocycles. The van der Waals surface area contributed by atoms with Crippen molar-refractivity contribution in [2.24, 2.45) is 10.9 Å². The van der Waals surface area contributed by atoms with E-state index in [0.717, 1.165) is 24.6 Å². The van der Waals surface area contributed by atoms with Gasteiger partial charge in [0.15, 0.2) is 5.96 Å². The van der Waals surface area contributed by atoms with Crippen LogP contribution in [-0.4, -0.2) is 54.9 Å². The Hall–Kier alpha value is -1.75. The fraction of sp³-hybridized carbons (Fsp3) is 0.529. The molecule has 1 aliphatic heterocycles. The van der Waals surface area contributed by atoms with E-state index in [2.05, 4.69) is 24.2 Å². The van der Waals surface area contributed by atoms with Crippen LogP contribution >= 0.6 is 11.6 Å². The van der Waals surface area contributed by atoms with Crippen LogP contribution in [0.25, 0.3) is 0 Å². The van der Waals surface area contributed by atoms with Gasteiger partial charge < -0.3 is 15.1 Å². The first-order chi connectivity index (χ1) is 11.0. The van der Waals surface area contributed by atoms with Crippen molar-refractivity contribution in [2.45, 2.75) is 20.4 Å². The summed E-state index contributed by atoms with van der Waals surface area (Å²) in [7, 11) is 1.76. The van der Waals surface area contributed by atoms with Crippen molar-refractivity contribution >= 4 is 23.5 Å². The quantitative estimate of drug-likeness (QED) is 0.677. The fourth-order valence-corrected chi connectivity index (χ4v) is 2.62. The number of piperazine rings is 1. The van der Waals surface area contributed by atoms with E-state index in [-0.39, 0.29) is 5.91 Å². The van der Waals surface area contributed by atoms with Crippen molar-refractivity contribution in [3.8, 4) is 0 Å². The molecule has 1 aromatic rings. The highest BCUT2D eigenvalue weighted by Crippen LogP contribution is 2.13. The normalized spacial score (nSPS) is 16.2. The van der Waals surface area contributed by atoms with Gasteiger partial charge in [-0.1, -0.05) is 37.6 Å². The number of hydrogen-bond acceptors (Lipinski definition) is 2. The summed E-state index contributed by atoms with van der Waals surface area (Å²) in [6.07, 6.45) is 0. The lowest BCUT2D eigenvalue weighted by atomic mass is 10.2. The lowest BCUT2D eigenvalue weighted by molar-refractivity contribution is -0.135. The predicted octanol–water partition coefficient (Wildman–Crippen LogP) is 2.22.